The van der Waals surface area contributed by atoms with Crippen molar-refractivity contribution in [3.63, 3.8) is 0 Å². The molecule has 0 aromatic rings. The predicted molar refractivity (Wildman–Crippen MR) is 48.8 cm³/mol. The second-order valence-corrected chi connectivity index (χ2v) is 4.50. The largest absolute Gasteiger partial charge is 0.459 e. The van der Waals surface area contributed by atoms with Crippen LogP contribution >= 0.6 is 22.6 Å². The SMILES string of the molecule is C[C@@H](I)[C@H]1COCCC(=O)O1. The number of alkyl halides is 1. The van der Waals surface area contributed by atoms with Crippen LogP contribution in [0.1, 0.15) is 13.3 Å². The van der Waals surface area contributed by atoms with Gasteiger partial charge in [-0.15, -0.1) is 0 Å². The summed E-state index contributed by atoms with van der Waals surface area (Å²) in [5.74, 6) is -0.143. The molecular formula is C7H11IO3. The van der Waals surface area contributed by atoms with E-state index in [1.807, 2.05) is 6.92 Å². The van der Waals surface area contributed by atoms with Gasteiger partial charge in [0.2, 0.25) is 0 Å². The fourth-order valence-electron chi connectivity index (χ4n) is 0.843. The summed E-state index contributed by atoms with van der Waals surface area (Å²) in [6.45, 7) is 3.04. The normalized spacial score (nSPS) is 28.9. The molecule has 2 atom stereocenters. The van der Waals surface area contributed by atoms with Crippen LogP contribution in [0.15, 0.2) is 0 Å². The summed E-state index contributed by atoms with van der Waals surface area (Å²) in [6, 6.07) is 0. The van der Waals surface area contributed by atoms with Gasteiger partial charge in [-0.05, 0) is 6.92 Å². The first-order valence-corrected chi connectivity index (χ1v) is 4.86. The average molecular weight is 270 g/mol. The van der Waals surface area contributed by atoms with Gasteiger partial charge in [0.05, 0.1) is 19.6 Å². The molecule has 4 heteroatoms. The van der Waals surface area contributed by atoms with Crippen molar-refractivity contribution >= 4 is 28.6 Å². The fraction of sp³-hybridized carbons (Fsp3) is 0.857. The molecule has 0 N–H and O–H groups in total. The van der Waals surface area contributed by atoms with Crippen molar-refractivity contribution in [2.45, 2.75) is 23.4 Å². The van der Waals surface area contributed by atoms with Crippen LogP contribution in [0.2, 0.25) is 0 Å². The molecule has 11 heavy (non-hydrogen) atoms. The van der Waals surface area contributed by atoms with Gasteiger partial charge in [0, 0.05) is 3.92 Å². The van der Waals surface area contributed by atoms with Crippen molar-refractivity contribution < 1.29 is 14.3 Å². The zero-order chi connectivity index (χ0) is 8.27. The third-order valence-electron chi connectivity index (χ3n) is 1.53. The van der Waals surface area contributed by atoms with E-state index in [-0.39, 0.29) is 12.1 Å². The van der Waals surface area contributed by atoms with E-state index >= 15 is 0 Å². The van der Waals surface area contributed by atoms with Gasteiger partial charge in [0.15, 0.2) is 0 Å². The molecule has 0 aliphatic carbocycles. The molecule has 0 bridgehead atoms. The Morgan fingerprint density at radius 1 is 1.73 bits per heavy atom. The maximum Gasteiger partial charge on any atom is 0.308 e. The van der Waals surface area contributed by atoms with Gasteiger partial charge in [-0.1, -0.05) is 22.6 Å². The highest BCUT2D eigenvalue weighted by molar-refractivity contribution is 14.1. The van der Waals surface area contributed by atoms with Crippen LogP contribution < -0.4 is 0 Å². The highest BCUT2D eigenvalue weighted by Gasteiger charge is 2.22. The topological polar surface area (TPSA) is 35.5 Å². The number of hydrogen-bond donors (Lipinski definition) is 0. The van der Waals surface area contributed by atoms with Crippen LogP contribution in [0.4, 0.5) is 0 Å². The minimum atomic E-state index is -0.143. The molecule has 1 aliphatic rings. The first kappa shape index (κ1) is 9.25. The second-order valence-electron chi connectivity index (χ2n) is 2.53. The summed E-state index contributed by atoms with van der Waals surface area (Å²) >= 11 is 2.23. The number of halogens is 1. The lowest BCUT2D eigenvalue weighted by atomic mass is 10.3. The van der Waals surface area contributed by atoms with Gasteiger partial charge >= 0.3 is 5.97 Å². The fourth-order valence-corrected chi connectivity index (χ4v) is 1.20. The summed E-state index contributed by atoms with van der Waals surface area (Å²) in [4.78, 5) is 10.9. The Kier molecular flexibility index (Phi) is 3.58. The first-order chi connectivity index (χ1) is 5.20. The second kappa shape index (κ2) is 4.25. The van der Waals surface area contributed by atoms with Crippen molar-refractivity contribution in [1.29, 1.82) is 0 Å². The van der Waals surface area contributed by atoms with Crippen molar-refractivity contribution in [3.05, 3.63) is 0 Å². The van der Waals surface area contributed by atoms with E-state index in [2.05, 4.69) is 22.6 Å². The van der Waals surface area contributed by atoms with E-state index in [9.17, 15) is 4.79 Å². The Labute approximate surface area is 79.6 Å². The van der Waals surface area contributed by atoms with Crippen LogP contribution in [-0.2, 0) is 14.3 Å². The number of rotatable bonds is 1. The van der Waals surface area contributed by atoms with Gasteiger partial charge in [-0.3, -0.25) is 4.79 Å². The summed E-state index contributed by atoms with van der Waals surface area (Å²) in [6.07, 6.45) is 0.324. The van der Waals surface area contributed by atoms with E-state index in [0.717, 1.165) is 0 Å². The lowest BCUT2D eigenvalue weighted by Crippen LogP contribution is -2.27. The molecule has 0 spiro atoms. The zero-order valence-electron chi connectivity index (χ0n) is 6.38. The summed E-state index contributed by atoms with van der Waals surface area (Å²) in [5, 5.41) is 0. The number of hydrogen-bond acceptors (Lipinski definition) is 3. The average Bonchev–Trinajstić information content (AvgIpc) is 2.13. The zero-order valence-corrected chi connectivity index (χ0v) is 8.54. The van der Waals surface area contributed by atoms with Crippen LogP contribution in [0.25, 0.3) is 0 Å². The van der Waals surface area contributed by atoms with Crippen LogP contribution in [0, 0.1) is 0 Å². The quantitative estimate of drug-likeness (QED) is 0.407. The first-order valence-electron chi connectivity index (χ1n) is 3.61. The third kappa shape index (κ3) is 2.94. The highest BCUT2D eigenvalue weighted by Crippen LogP contribution is 2.13. The molecule has 3 nitrogen and oxygen atoms in total. The van der Waals surface area contributed by atoms with E-state index in [1.54, 1.807) is 0 Å². The summed E-state index contributed by atoms with van der Waals surface area (Å²) in [5.41, 5.74) is 0. The molecule has 0 amide bonds. The molecular weight excluding hydrogens is 259 g/mol. The predicted octanol–water partition coefficient (Wildman–Crippen LogP) is 1.14. The molecule has 1 fully saturated rings. The smallest absolute Gasteiger partial charge is 0.308 e. The van der Waals surface area contributed by atoms with Crippen molar-refractivity contribution in [2.75, 3.05) is 13.2 Å². The lowest BCUT2D eigenvalue weighted by molar-refractivity contribution is -0.147. The van der Waals surface area contributed by atoms with E-state index < -0.39 is 0 Å². The Morgan fingerprint density at radius 2 is 2.45 bits per heavy atom. The molecule has 0 aromatic carbocycles. The molecule has 1 aliphatic heterocycles. The Morgan fingerprint density at radius 3 is 3.09 bits per heavy atom. The van der Waals surface area contributed by atoms with E-state index in [0.29, 0.717) is 23.6 Å². The number of carbonyl (C=O) groups excluding carboxylic acids is 1. The third-order valence-corrected chi connectivity index (χ3v) is 2.33. The minimum Gasteiger partial charge on any atom is -0.459 e. The molecule has 0 aromatic heterocycles. The molecule has 1 rings (SSSR count). The Balaban J connectivity index is 2.45. The summed E-state index contributed by atoms with van der Waals surface area (Å²) < 4.78 is 10.6. The monoisotopic (exact) mass is 270 g/mol. The molecule has 1 saturated heterocycles. The maximum atomic E-state index is 10.9. The summed E-state index contributed by atoms with van der Waals surface area (Å²) in [7, 11) is 0. The van der Waals surface area contributed by atoms with Crippen molar-refractivity contribution in [2.24, 2.45) is 0 Å². The standard InChI is InChI=1S/C7H11IO3/c1-5(8)6-4-10-3-2-7(9)11-6/h5-6H,2-4H2,1H3/t5-,6-/m1/s1. The molecule has 0 saturated carbocycles. The molecule has 1 heterocycles. The van der Waals surface area contributed by atoms with Gasteiger partial charge in [0.25, 0.3) is 0 Å². The number of ether oxygens (including phenoxy) is 2. The lowest BCUT2D eigenvalue weighted by Gasteiger charge is -2.16. The van der Waals surface area contributed by atoms with Gasteiger partial charge in [0.1, 0.15) is 6.10 Å². The number of cyclic esters (lactones) is 1. The highest BCUT2D eigenvalue weighted by atomic mass is 127. The van der Waals surface area contributed by atoms with Crippen molar-refractivity contribution in [1.82, 2.24) is 0 Å². The molecule has 0 unspecified atom stereocenters. The minimum absolute atomic E-state index is 0.0643. The van der Waals surface area contributed by atoms with Crippen LogP contribution in [-0.4, -0.2) is 29.2 Å². The molecule has 0 radical (unpaired) electrons. The van der Waals surface area contributed by atoms with E-state index in [1.165, 1.54) is 0 Å². The number of esters is 1. The number of carbonyl (C=O) groups is 1. The van der Waals surface area contributed by atoms with Gasteiger partial charge < -0.3 is 9.47 Å². The maximum absolute atomic E-state index is 10.9. The Hall–Kier alpha value is 0.160. The molecule has 64 valence electrons. The van der Waals surface area contributed by atoms with Crippen LogP contribution in [0.3, 0.4) is 0 Å². The Bertz CT molecular complexity index is 147. The van der Waals surface area contributed by atoms with Crippen LogP contribution in [0.5, 0.6) is 0 Å². The van der Waals surface area contributed by atoms with Crippen molar-refractivity contribution in [3.8, 4) is 0 Å². The van der Waals surface area contributed by atoms with Gasteiger partial charge in [-0.2, -0.15) is 0 Å². The van der Waals surface area contributed by atoms with E-state index in [4.69, 9.17) is 9.47 Å². The van der Waals surface area contributed by atoms with Gasteiger partial charge in [-0.25, -0.2) is 0 Å².